The molecule has 3 rings (SSSR count). The molecule has 0 heterocycles. The van der Waals surface area contributed by atoms with Crippen LogP contribution in [0.1, 0.15) is 18.4 Å². The second-order valence-corrected chi connectivity index (χ2v) is 7.27. The summed E-state index contributed by atoms with van der Waals surface area (Å²) in [6.07, 6.45) is -1.28. The lowest BCUT2D eigenvalue weighted by Gasteiger charge is -2.20. The van der Waals surface area contributed by atoms with Gasteiger partial charge >= 0.3 is 6.18 Å². The van der Waals surface area contributed by atoms with Crippen molar-refractivity contribution in [2.24, 2.45) is 11.0 Å². The molecule has 0 radical (unpaired) electrons. The normalized spacial score (nSPS) is 17.5. The number of halogens is 3. The molecule has 1 atom stereocenters. The second kappa shape index (κ2) is 10.2. The van der Waals surface area contributed by atoms with Crippen molar-refractivity contribution < 1.29 is 18.3 Å². The fourth-order valence-corrected chi connectivity index (χ4v) is 3.09. The SMILES string of the molecule is Cc1cc(NNc2ccc(NCCO)cc2)ccc1N/N=C1/C=CC(C(F)(F)F)CC1. The number of hydrazone groups is 1. The summed E-state index contributed by atoms with van der Waals surface area (Å²) in [4.78, 5) is 0. The van der Waals surface area contributed by atoms with Crippen molar-refractivity contribution in [2.45, 2.75) is 25.9 Å². The van der Waals surface area contributed by atoms with Crippen LogP contribution in [0.15, 0.2) is 59.7 Å². The molecule has 2 aromatic carbocycles. The molecular formula is C22H26F3N5O. The maximum atomic E-state index is 12.7. The standard InChI is InChI=1S/C22H26F3N5O/c1-15-14-20(29-27-19-8-6-17(7-9-19)26-12-13-31)10-11-21(15)30-28-18-4-2-16(3-5-18)22(23,24)25/h2,4,6-11,14,16,26-27,29-31H,3,5,12-13H2,1H3/b28-18-. The fraction of sp³-hybridized carbons (Fsp3) is 0.318. The van der Waals surface area contributed by atoms with Gasteiger partial charge in [-0.05, 0) is 73.9 Å². The van der Waals surface area contributed by atoms with Gasteiger partial charge in [-0.2, -0.15) is 18.3 Å². The van der Waals surface area contributed by atoms with Crippen LogP contribution in [0, 0.1) is 12.8 Å². The first-order chi connectivity index (χ1) is 14.8. The van der Waals surface area contributed by atoms with E-state index in [1.165, 1.54) is 12.2 Å². The van der Waals surface area contributed by atoms with Crippen molar-refractivity contribution in [2.75, 3.05) is 34.7 Å². The Morgan fingerprint density at radius 3 is 2.32 bits per heavy atom. The van der Waals surface area contributed by atoms with Crippen molar-refractivity contribution in [3.8, 4) is 0 Å². The predicted octanol–water partition coefficient (Wildman–Crippen LogP) is 5.13. The summed E-state index contributed by atoms with van der Waals surface area (Å²) in [5.41, 5.74) is 14.2. The van der Waals surface area contributed by atoms with Crippen molar-refractivity contribution in [1.82, 2.24) is 0 Å². The summed E-state index contributed by atoms with van der Waals surface area (Å²) in [6.45, 7) is 2.50. The molecular weight excluding hydrogens is 407 g/mol. The van der Waals surface area contributed by atoms with E-state index in [2.05, 4.69) is 26.7 Å². The summed E-state index contributed by atoms with van der Waals surface area (Å²) in [6, 6.07) is 13.3. The lowest BCUT2D eigenvalue weighted by Crippen LogP contribution is -2.24. The Bertz CT molecular complexity index is 926. The highest BCUT2D eigenvalue weighted by Gasteiger charge is 2.38. The first-order valence-corrected chi connectivity index (χ1v) is 10.00. The average molecular weight is 433 g/mol. The van der Waals surface area contributed by atoms with Gasteiger partial charge in [0.2, 0.25) is 0 Å². The first-order valence-electron chi connectivity index (χ1n) is 10.00. The minimum atomic E-state index is -4.19. The van der Waals surface area contributed by atoms with E-state index in [0.29, 0.717) is 12.3 Å². The third-order valence-electron chi connectivity index (χ3n) is 4.88. The van der Waals surface area contributed by atoms with E-state index >= 15 is 0 Å². The maximum Gasteiger partial charge on any atom is 0.395 e. The fourth-order valence-electron chi connectivity index (χ4n) is 3.09. The van der Waals surface area contributed by atoms with Gasteiger partial charge in [0, 0.05) is 12.2 Å². The molecule has 0 aromatic heterocycles. The van der Waals surface area contributed by atoms with E-state index in [1.807, 2.05) is 49.4 Å². The molecule has 31 heavy (non-hydrogen) atoms. The van der Waals surface area contributed by atoms with Gasteiger partial charge in [0.15, 0.2) is 0 Å². The number of rotatable bonds is 8. The van der Waals surface area contributed by atoms with Gasteiger partial charge in [0.1, 0.15) is 0 Å². The molecule has 0 saturated heterocycles. The smallest absolute Gasteiger partial charge is 0.395 e. The Morgan fingerprint density at radius 2 is 1.71 bits per heavy atom. The van der Waals surface area contributed by atoms with Crippen LogP contribution in [-0.4, -0.2) is 30.1 Å². The van der Waals surface area contributed by atoms with Gasteiger partial charge < -0.3 is 21.3 Å². The third-order valence-corrected chi connectivity index (χ3v) is 4.88. The van der Waals surface area contributed by atoms with E-state index in [9.17, 15) is 13.2 Å². The number of hydrogen-bond acceptors (Lipinski definition) is 6. The molecule has 0 bridgehead atoms. The van der Waals surface area contributed by atoms with Crippen LogP contribution in [0.4, 0.5) is 35.9 Å². The monoisotopic (exact) mass is 433 g/mol. The van der Waals surface area contributed by atoms with Crippen LogP contribution >= 0.6 is 0 Å². The number of nitrogens with one attached hydrogen (secondary N) is 4. The zero-order valence-electron chi connectivity index (χ0n) is 17.1. The molecule has 1 aliphatic rings. The number of nitrogens with zero attached hydrogens (tertiary/aromatic N) is 1. The van der Waals surface area contributed by atoms with Gasteiger partial charge in [-0.1, -0.05) is 6.08 Å². The van der Waals surface area contributed by atoms with E-state index < -0.39 is 12.1 Å². The molecule has 1 aliphatic carbocycles. The Hall–Kier alpha value is -3.20. The van der Waals surface area contributed by atoms with Gasteiger partial charge in [0.25, 0.3) is 0 Å². The van der Waals surface area contributed by atoms with Gasteiger partial charge in [-0.3, -0.25) is 5.43 Å². The number of benzene rings is 2. The number of allylic oxidation sites excluding steroid dienone is 2. The van der Waals surface area contributed by atoms with Crippen LogP contribution in [0.25, 0.3) is 0 Å². The molecule has 6 nitrogen and oxygen atoms in total. The van der Waals surface area contributed by atoms with Crippen molar-refractivity contribution in [3.05, 3.63) is 60.2 Å². The first kappa shape index (κ1) is 22.5. The number of aliphatic hydroxyl groups excluding tert-OH is 1. The predicted molar refractivity (Wildman–Crippen MR) is 119 cm³/mol. The Labute approximate surface area is 179 Å². The summed E-state index contributed by atoms with van der Waals surface area (Å²) in [5, 5.41) is 16.2. The molecule has 0 spiro atoms. The minimum absolute atomic E-state index is 0.0203. The van der Waals surface area contributed by atoms with Gasteiger partial charge in [0.05, 0.1) is 35.3 Å². The van der Waals surface area contributed by atoms with Crippen molar-refractivity contribution >= 4 is 28.5 Å². The maximum absolute atomic E-state index is 12.7. The van der Waals surface area contributed by atoms with Gasteiger partial charge in [-0.15, -0.1) is 0 Å². The number of aliphatic hydroxyl groups is 1. The van der Waals surface area contributed by atoms with Gasteiger partial charge in [-0.25, -0.2) is 0 Å². The molecule has 5 N–H and O–H groups in total. The highest BCUT2D eigenvalue weighted by molar-refractivity contribution is 5.96. The highest BCUT2D eigenvalue weighted by Crippen LogP contribution is 2.33. The number of anilines is 4. The van der Waals surface area contributed by atoms with Crippen LogP contribution in [0.5, 0.6) is 0 Å². The highest BCUT2D eigenvalue weighted by atomic mass is 19.4. The number of aryl methyl sites for hydroxylation is 1. The molecule has 166 valence electrons. The Balaban J connectivity index is 1.53. The van der Waals surface area contributed by atoms with Crippen LogP contribution in [0.2, 0.25) is 0 Å². The number of hydrogen-bond donors (Lipinski definition) is 5. The zero-order chi connectivity index (χ0) is 22.3. The van der Waals surface area contributed by atoms with Crippen molar-refractivity contribution in [1.29, 1.82) is 0 Å². The molecule has 0 fully saturated rings. The summed E-state index contributed by atoms with van der Waals surface area (Å²) < 4.78 is 38.1. The zero-order valence-corrected chi connectivity index (χ0v) is 17.1. The van der Waals surface area contributed by atoms with Crippen LogP contribution in [-0.2, 0) is 0 Å². The summed E-state index contributed by atoms with van der Waals surface area (Å²) >= 11 is 0. The molecule has 1 unspecified atom stereocenters. The van der Waals surface area contributed by atoms with E-state index in [-0.39, 0.29) is 19.4 Å². The molecule has 0 aliphatic heterocycles. The van der Waals surface area contributed by atoms with Crippen LogP contribution < -0.4 is 21.6 Å². The molecule has 9 heteroatoms. The van der Waals surface area contributed by atoms with Crippen molar-refractivity contribution in [3.63, 3.8) is 0 Å². The summed E-state index contributed by atoms with van der Waals surface area (Å²) in [7, 11) is 0. The second-order valence-electron chi connectivity index (χ2n) is 7.27. The Morgan fingerprint density at radius 1 is 1.03 bits per heavy atom. The molecule has 2 aromatic rings. The average Bonchev–Trinajstić information content (AvgIpc) is 2.76. The summed E-state index contributed by atoms with van der Waals surface area (Å²) in [5.74, 6) is -1.39. The van der Waals surface area contributed by atoms with E-state index in [4.69, 9.17) is 5.11 Å². The molecule has 0 amide bonds. The number of alkyl halides is 3. The van der Waals surface area contributed by atoms with E-state index in [0.717, 1.165) is 28.3 Å². The topological polar surface area (TPSA) is 80.7 Å². The third kappa shape index (κ3) is 6.65. The Kier molecular flexibility index (Phi) is 7.41. The minimum Gasteiger partial charge on any atom is -0.395 e. The lowest BCUT2D eigenvalue weighted by atomic mass is 9.94. The van der Waals surface area contributed by atoms with E-state index in [1.54, 1.807) is 0 Å². The molecule has 0 saturated carbocycles. The number of hydrazine groups is 1. The quantitative estimate of drug-likeness (QED) is 0.373. The van der Waals surface area contributed by atoms with Crippen LogP contribution in [0.3, 0.4) is 0 Å². The largest absolute Gasteiger partial charge is 0.395 e. The lowest BCUT2D eigenvalue weighted by molar-refractivity contribution is -0.162.